The van der Waals surface area contributed by atoms with E-state index in [2.05, 4.69) is 10.3 Å². The number of benzene rings is 2. The first-order chi connectivity index (χ1) is 13.0. The topological polar surface area (TPSA) is 51.2 Å². The van der Waals surface area contributed by atoms with Gasteiger partial charge in [0.2, 0.25) is 0 Å². The highest BCUT2D eigenvalue weighted by atomic mass is 19.1. The molecule has 3 aromatic rings. The number of pyridine rings is 1. The van der Waals surface area contributed by atoms with E-state index in [-0.39, 0.29) is 11.4 Å². The summed E-state index contributed by atoms with van der Waals surface area (Å²) in [7, 11) is 0. The molecular formula is C22H23FN2O2. The number of carbonyl (C=O) groups excluding carboxylic acids is 1. The molecule has 1 heterocycles. The monoisotopic (exact) mass is 366 g/mol. The highest BCUT2D eigenvalue weighted by Gasteiger charge is 2.28. The number of carbonyl (C=O) groups is 1. The van der Waals surface area contributed by atoms with Crippen molar-refractivity contribution in [2.75, 3.05) is 13.2 Å². The number of ether oxygens (including phenoxy) is 1. The average molecular weight is 366 g/mol. The van der Waals surface area contributed by atoms with Crippen molar-refractivity contribution in [3.05, 3.63) is 77.7 Å². The first kappa shape index (κ1) is 19.0. The van der Waals surface area contributed by atoms with Crippen molar-refractivity contribution in [3.8, 4) is 0 Å². The molecule has 0 bridgehead atoms. The third-order valence-electron chi connectivity index (χ3n) is 4.40. The maximum atomic E-state index is 13.8. The largest absolute Gasteiger partial charge is 0.379 e. The molecule has 1 unspecified atom stereocenters. The van der Waals surface area contributed by atoms with Crippen LogP contribution in [0.1, 0.15) is 29.8 Å². The standard InChI is InChI=1S/C22H23FN2O2/c1-3-27-15-22(2,13-16-8-5-4-6-9-16)25-21(26)18-12-17-10-7-11-19(23)20(17)24-14-18/h4-12,14H,3,13,15H2,1-2H3,(H,25,26). The Labute approximate surface area is 158 Å². The van der Waals surface area contributed by atoms with Crippen LogP contribution in [-0.4, -0.2) is 29.6 Å². The van der Waals surface area contributed by atoms with Gasteiger partial charge in [-0.25, -0.2) is 4.39 Å². The molecule has 0 saturated carbocycles. The maximum Gasteiger partial charge on any atom is 0.253 e. The molecule has 0 aliphatic carbocycles. The van der Waals surface area contributed by atoms with E-state index in [1.165, 1.54) is 12.3 Å². The van der Waals surface area contributed by atoms with E-state index in [0.717, 1.165) is 5.56 Å². The Morgan fingerprint density at radius 3 is 2.70 bits per heavy atom. The highest BCUT2D eigenvalue weighted by Crippen LogP contribution is 2.19. The van der Waals surface area contributed by atoms with E-state index in [9.17, 15) is 9.18 Å². The lowest BCUT2D eigenvalue weighted by Gasteiger charge is -2.31. The fourth-order valence-electron chi connectivity index (χ4n) is 3.10. The fraction of sp³-hybridized carbons (Fsp3) is 0.273. The molecule has 0 aliphatic heterocycles. The molecule has 140 valence electrons. The van der Waals surface area contributed by atoms with Crippen LogP contribution in [0.25, 0.3) is 10.9 Å². The van der Waals surface area contributed by atoms with Crippen molar-refractivity contribution in [1.82, 2.24) is 10.3 Å². The van der Waals surface area contributed by atoms with Crippen molar-refractivity contribution in [2.24, 2.45) is 0 Å². The van der Waals surface area contributed by atoms with Gasteiger partial charge in [0.1, 0.15) is 11.3 Å². The molecule has 1 aromatic heterocycles. The third-order valence-corrected chi connectivity index (χ3v) is 4.40. The second-order valence-corrected chi connectivity index (χ2v) is 6.85. The summed E-state index contributed by atoms with van der Waals surface area (Å²) in [6.45, 7) is 4.84. The molecule has 2 aromatic carbocycles. The second kappa shape index (κ2) is 8.27. The minimum atomic E-state index is -0.578. The summed E-state index contributed by atoms with van der Waals surface area (Å²) in [6.07, 6.45) is 2.04. The van der Waals surface area contributed by atoms with Gasteiger partial charge in [-0.1, -0.05) is 42.5 Å². The Bertz CT molecular complexity index is 930. The van der Waals surface area contributed by atoms with Crippen molar-refractivity contribution in [2.45, 2.75) is 25.8 Å². The smallest absolute Gasteiger partial charge is 0.253 e. The van der Waals surface area contributed by atoms with Crippen LogP contribution in [0.15, 0.2) is 60.8 Å². The van der Waals surface area contributed by atoms with Gasteiger partial charge < -0.3 is 10.1 Å². The molecule has 4 nitrogen and oxygen atoms in total. The summed E-state index contributed by atoms with van der Waals surface area (Å²) in [5.74, 6) is -0.656. The van der Waals surface area contributed by atoms with Crippen molar-refractivity contribution < 1.29 is 13.9 Å². The number of halogens is 1. The number of hydrogen-bond donors (Lipinski definition) is 1. The van der Waals surface area contributed by atoms with Crippen LogP contribution >= 0.6 is 0 Å². The molecule has 0 spiro atoms. The SMILES string of the molecule is CCOCC(C)(Cc1ccccc1)NC(=O)c1cnc2c(F)cccc2c1. The number of amides is 1. The number of aromatic nitrogens is 1. The first-order valence-electron chi connectivity index (χ1n) is 8.99. The van der Waals surface area contributed by atoms with Gasteiger partial charge in [0.15, 0.2) is 0 Å². The normalized spacial score (nSPS) is 13.3. The van der Waals surface area contributed by atoms with Gasteiger partial charge >= 0.3 is 0 Å². The molecule has 0 saturated heterocycles. The number of fused-ring (bicyclic) bond motifs is 1. The van der Waals surface area contributed by atoms with E-state index in [0.29, 0.717) is 30.6 Å². The Morgan fingerprint density at radius 1 is 1.19 bits per heavy atom. The fourth-order valence-corrected chi connectivity index (χ4v) is 3.10. The minimum absolute atomic E-state index is 0.258. The Balaban J connectivity index is 1.83. The van der Waals surface area contributed by atoms with Gasteiger partial charge in [-0.2, -0.15) is 0 Å². The van der Waals surface area contributed by atoms with Crippen molar-refractivity contribution >= 4 is 16.8 Å². The second-order valence-electron chi connectivity index (χ2n) is 6.85. The lowest BCUT2D eigenvalue weighted by atomic mass is 9.93. The van der Waals surface area contributed by atoms with Gasteiger partial charge in [-0.15, -0.1) is 0 Å². The zero-order chi connectivity index (χ0) is 19.3. The molecule has 5 heteroatoms. The number of para-hydroxylation sites is 1. The summed E-state index contributed by atoms with van der Waals surface area (Å²) >= 11 is 0. The van der Waals surface area contributed by atoms with Crippen LogP contribution in [0.4, 0.5) is 4.39 Å². The van der Waals surface area contributed by atoms with E-state index >= 15 is 0 Å². The van der Waals surface area contributed by atoms with Gasteiger partial charge in [0.05, 0.1) is 17.7 Å². The molecule has 0 fully saturated rings. The van der Waals surface area contributed by atoms with E-state index in [1.54, 1.807) is 18.2 Å². The van der Waals surface area contributed by atoms with Crippen LogP contribution in [0.3, 0.4) is 0 Å². The van der Waals surface area contributed by atoms with Gasteiger partial charge in [0.25, 0.3) is 5.91 Å². The highest BCUT2D eigenvalue weighted by molar-refractivity contribution is 5.97. The maximum absolute atomic E-state index is 13.8. The quantitative estimate of drug-likeness (QED) is 0.684. The third kappa shape index (κ3) is 4.68. The van der Waals surface area contributed by atoms with E-state index < -0.39 is 11.4 Å². The van der Waals surface area contributed by atoms with Gasteiger partial charge in [-0.3, -0.25) is 9.78 Å². The lowest BCUT2D eigenvalue weighted by Crippen LogP contribution is -2.51. The summed E-state index contributed by atoms with van der Waals surface area (Å²) in [5, 5.41) is 3.67. The van der Waals surface area contributed by atoms with Crippen LogP contribution < -0.4 is 5.32 Å². The molecule has 27 heavy (non-hydrogen) atoms. The molecule has 3 rings (SSSR count). The Kier molecular flexibility index (Phi) is 5.81. The van der Waals surface area contributed by atoms with Crippen molar-refractivity contribution in [3.63, 3.8) is 0 Å². The summed E-state index contributed by atoms with van der Waals surface area (Å²) in [4.78, 5) is 17.0. The zero-order valence-corrected chi connectivity index (χ0v) is 15.5. The van der Waals surface area contributed by atoms with Crippen LogP contribution in [0.2, 0.25) is 0 Å². The lowest BCUT2D eigenvalue weighted by molar-refractivity contribution is 0.0679. The molecule has 1 N–H and O–H groups in total. The van der Waals surface area contributed by atoms with E-state index in [1.807, 2.05) is 44.2 Å². The summed E-state index contributed by atoms with van der Waals surface area (Å²) in [6, 6.07) is 16.3. The number of rotatable bonds is 7. The Morgan fingerprint density at radius 2 is 1.96 bits per heavy atom. The molecule has 0 radical (unpaired) electrons. The predicted molar refractivity (Wildman–Crippen MR) is 104 cm³/mol. The van der Waals surface area contributed by atoms with E-state index in [4.69, 9.17) is 4.74 Å². The van der Waals surface area contributed by atoms with Crippen LogP contribution in [0, 0.1) is 5.82 Å². The number of hydrogen-bond acceptors (Lipinski definition) is 3. The number of nitrogens with one attached hydrogen (secondary N) is 1. The number of nitrogens with zero attached hydrogens (tertiary/aromatic N) is 1. The first-order valence-corrected chi connectivity index (χ1v) is 8.99. The van der Waals surface area contributed by atoms with Crippen LogP contribution in [0.5, 0.6) is 0 Å². The summed E-state index contributed by atoms with van der Waals surface area (Å²) in [5.41, 5.74) is 1.18. The molecule has 1 atom stereocenters. The molecular weight excluding hydrogens is 343 g/mol. The summed E-state index contributed by atoms with van der Waals surface area (Å²) < 4.78 is 19.4. The zero-order valence-electron chi connectivity index (χ0n) is 15.5. The molecule has 0 aliphatic rings. The average Bonchev–Trinajstić information content (AvgIpc) is 2.67. The Hall–Kier alpha value is -2.79. The predicted octanol–water partition coefficient (Wildman–Crippen LogP) is 4.14. The molecule has 1 amide bonds. The minimum Gasteiger partial charge on any atom is -0.379 e. The van der Waals surface area contributed by atoms with Gasteiger partial charge in [-0.05, 0) is 38.0 Å². The van der Waals surface area contributed by atoms with Gasteiger partial charge in [0, 0.05) is 18.2 Å². The van der Waals surface area contributed by atoms with Crippen molar-refractivity contribution in [1.29, 1.82) is 0 Å². The van der Waals surface area contributed by atoms with Crippen LogP contribution in [-0.2, 0) is 11.2 Å².